The van der Waals surface area contributed by atoms with Crippen LogP contribution in [0, 0.1) is 11.8 Å². The minimum atomic E-state index is -0.126. The van der Waals surface area contributed by atoms with Crippen LogP contribution in [-0.2, 0) is 14.4 Å². The summed E-state index contributed by atoms with van der Waals surface area (Å²) in [6.45, 7) is 2.78. The van der Waals surface area contributed by atoms with Crippen molar-refractivity contribution in [2.75, 3.05) is 23.7 Å². The maximum Gasteiger partial charge on any atom is 0.229 e. The lowest BCUT2D eigenvalue weighted by Gasteiger charge is -2.31. The molecule has 0 spiro atoms. The Balaban J connectivity index is 1.36. The number of hydrogen-bond acceptors (Lipinski definition) is 5. The quantitative estimate of drug-likeness (QED) is 0.845. The van der Waals surface area contributed by atoms with E-state index in [4.69, 9.17) is 0 Å². The largest absolute Gasteiger partial charge is 0.342 e. The number of aromatic nitrogens is 1. The monoisotopic (exact) mass is 386 g/mol. The first kappa shape index (κ1) is 17.9. The fraction of sp³-hybridized carbons (Fsp3) is 0.474. The summed E-state index contributed by atoms with van der Waals surface area (Å²) in [6, 6.07) is 5.47. The van der Waals surface area contributed by atoms with Crippen LogP contribution in [0.1, 0.15) is 32.6 Å². The van der Waals surface area contributed by atoms with Crippen molar-refractivity contribution in [3.63, 3.8) is 0 Å². The summed E-state index contributed by atoms with van der Waals surface area (Å²) < 4.78 is 0.904. The Bertz CT molecular complexity index is 897. The van der Waals surface area contributed by atoms with Gasteiger partial charge in [-0.15, -0.1) is 0 Å². The van der Waals surface area contributed by atoms with Gasteiger partial charge in [0.2, 0.25) is 17.7 Å². The summed E-state index contributed by atoms with van der Waals surface area (Å²) in [6.07, 6.45) is 3.42. The summed E-state index contributed by atoms with van der Waals surface area (Å²) in [5.74, 6) is 0.249. The second-order valence-corrected chi connectivity index (χ2v) is 8.28. The molecule has 7 nitrogen and oxygen atoms in total. The van der Waals surface area contributed by atoms with Crippen LogP contribution < -0.4 is 10.6 Å². The second-order valence-electron chi connectivity index (χ2n) is 7.25. The van der Waals surface area contributed by atoms with Crippen molar-refractivity contribution in [2.24, 2.45) is 11.8 Å². The van der Waals surface area contributed by atoms with Crippen molar-refractivity contribution in [3.8, 4) is 0 Å². The van der Waals surface area contributed by atoms with Gasteiger partial charge in [-0.2, -0.15) is 0 Å². The maximum absolute atomic E-state index is 12.6. The second kappa shape index (κ2) is 7.26. The Morgan fingerprint density at radius 2 is 1.81 bits per heavy atom. The van der Waals surface area contributed by atoms with E-state index >= 15 is 0 Å². The highest BCUT2D eigenvalue weighted by molar-refractivity contribution is 7.22. The van der Waals surface area contributed by atoms with Crippen LogP contribution in [0.2, 0.25) is 0 Å². The molecule has 4 rings (SSSR count). The first-order chi connectivity index (χ1) is 13.0. The van der Waals surface area contributed by atoms with E-state index < -0.39 is 0 Å². The van der Waals surface area contributed by atoms with Crippen molar-refractivity contribution in [1.29, 1.82) is 0 Å². The standard InChI is InChI=1S/C19H22N4O3S/c1-11(24)20-14-4-5-15-16(10-14)27-19(21-15)22-17(25)12-6-8-23(9-7-12)18(26)13-2-3-13/h4-5,10,12-13H,2-3,6-9H2,1H3,(H,20,24)(H,21,22,25). The van der Waals surface area contributed by atoms with Gasteiger partial charge in [-0.3, -0.25) is 14.4 Å². The Hall–Kier alpha value is -2.48. The number of rotatable bonds is 4. The molecule has 1 aromatic heterocycles. The van der Waals surface area contributed by atoms with Crippen LogP contribution in [0.5, 0.6) is 0 Å². The molecule has 2 heterocycles. The molecule has 2 fully saturated rings. The van der Waals surface area contributed by atoms with Crippen LogP contribution >= 0.6 is 11.3 Å². The molecule has 1 saturated carbocycles. The molecule has 2 aromatic rings. The Kier molecular flexibility index (Phi) is 4.82. The highest BCUT2D eigenvalue weighted by Gasteiger charge is 2.36. The number of thiazole rings is 1. The third-order valence-electron chi connectivity index (χ3n) is 5.04. The van der Waals surface area contributed by atoms with Gasteiger partial charge in [0.25, 0.3) is 0 Å². The van der Waals surface area contributed by atoms with Crippen molar-refractivity contribution >= 4 is 50.1 Å². The van der Waals surface area contributed by atoms with Gasteiger partial charge in [-0.05, 0) is 43.9 Å². The molecule has 0 radical (unpaired) electrons. The number of benzene rings is 1. The zero-order valence-corrected chi connectivity index (χ0v) is 16.0. The number of amides is 3. The minimum Gasteiger partial charge on any atom is -0.342 e. The Morgan fingerprint density at radius 3 is 2.48 bits per heavy atom. The van der Waals surface area contributed by atoms with Gasteiger partial charge < -0.3 is 15.5 Å². The van der Waals surface area contributed by atoms with Crippen LogP contribution in [0.15, 0.2) is 18.2 Å². The lowest BCUT2D eigenvalue weighted by Crippen LogP contribution is -2.42. The van der Waals surface area contributed by atoms with Gasteiger partial charge in [0.05, 0.1) is 10.2 Å². The van der Waals surface area contributed by atoms with Gasteiger partial charge in [0.15, 0.2) is 5.13 Å². The predicted molar refractivity (Wildman–Crippen MR) is 105 cm³/mol. The number of likely N-dealkylation sites (tertiary alicyclic amines) is 1. The third-order valence-corrected chi connectivity index (χ3v) is 5.98. The lowest BCUT2D eigenvalue weighted by molar-refractivity contribution is -0.135. The fourth-order valence-corrected chi connectivity index (χ4v) is 4.33. The highest BCUT2D eigenvalue weighted by Crippen LogP contribution is 2.33. The number of carbonyl (C=O) groups excluding carboxylic acids is 3. The number of piperidine rings is 1. The van der Waals surface area contributed by atoms with Crippen LogP contribution in [0.4, 0.5) is 10.8 Å². The van der Waals surface area contributed by atoms with Gasteiger partial charge >= 0.3 is 0 Å². The van der Waals surface area contributed by atoms with E-state index in [1.54, 1.807) is 6.07 Å². The van der Waals surface area contributed by atoms with Crippen molar-refractivity contribution in [3.05, 3.63) is 18.2 Å². The molecule has 2 aliphatic rings. The molecule has 8 heteroatoms. The molecule has 1 saturated heterocycles. The average Bonchev–Trinajstić information content (AvgIpc) is 3.41. The SMILES string of the molecule is CC(=O)Nc1ccc2nc(NC(=O)C3CCN(C(=O)C4CC4)CC3)sc2c1. The topological polar surface area (TPSA) is 91.4 Å². The zero-order chi connectivity index (χ0) is 19.0. The van der Waals surface area contributed by atoms with E-state index in [2.05, 4.69) is 15.6 Å². The molecule has 1 aliphatic carbocycles. The molecule has 2 N–H and O–H groups in total. The third kappa shape index (κ3) is 4.10. The fourth-order valence-electron chi connectivity index (χ4n) is 3.42. The van der Waals surface area contributed by atoms with Gasteiger partial charge in [0, 0.05) is 37.5 Å². The molecule has 0 bridgehead atoms. The molecule has 1 aliphatic heterocycles. The molecule has 142 valence electrons. The lowest BCUT2D eigenvalue weighted by atomic mass is 9.95. The average molecular weight is 386 g/mol. The summed E-state index contributed by atoms with van der Waals surface area (Å²) >= 11 is 1.39. The van der Waals surface area contributed by atoms with Gasteiger partial charge in [-0.1, -0.05) is 11.3 Å². The molecular weight excluding hydrogens is 364 g/mol. The molecule has 3 amide bonds. The number of nitrogens with one attached hydrogen (secondary N) is 2. The summed E-state index contributed by atoms with van der Waals surface area (Å²) in [5, 5.41) is 6.22. The molecule has 1 aromatic carbocycles. The zero-order valence-electron chi connectivity index (χ0n) is 15.2. The van der Waals surface area contributed by atoms with E-state index in [-0.39, 0.29) is 29.6 Å². The first-order valence-electron chi connectivity index (χ1n) is 9.27. The molecule has 0 atom stereocenters. The van der Waals surface area contributed by atoms with Crippen molar-refractivity contribution in [2.45, 2.75) is 32.6 Å². The normalized spacial score (nSPS) is 17.7. The highest BCUT2D eigenvalue weighted by atomic mass is 32.1. The number of carbonyl (C=O) groups is 3. The van der Waals surface area contributed by atoms with E-state index in [1.165, 1.54) is 18.3 Å². The molecule has 0 unspecified atom stereocenters. The van der Waals surface area contributed by atoms with Crippen molar-refractivity contribution < 1.29 is 14.4 Å². The molecular formula is C19H22N4O3S. The Labute approximate surface area is 161 Å². The smallest absolute Gasteiger partial charge is 0.229 e. The number of hydrogen-bond donors (Lipinski definition) is 2. The van der Waals surface area contributed by atoms with Crippen LogP contribution in [0.25, 0.3) is 10.2 Å². The van der Waals surface area contributed by atoms with E-state index in [9.17, 15) is 14.4 Å². The van der Waals surface area contributed by atoms with Crippen molar-refractivity contribution in [1.82, 2.24) is 9.88 Å². The van der Waals surface area contributed by atoms with E-state index in [1.807, 2.05) is 17.0 Å². The number of nitrogens with zero attached hydrogens (tertiary/aromatic N) is 2. The summed E-state index contributed by atoms with van der Waals surface area (Å²) in [4.78, 5) is 42.2. The summed E-state index contributed by atoms with van der Waals surface area (Å²) in [7, 11) is 0. The van der Waals surface area contributed by atoms with Crippen LogP contribution in [0.3, 0.4) is 0 Å². The first-order valence-corrected chi connectivity index (χ1v) is 10.1. The minimum absolute atomic E-state index is 0.0327. The predicted octanol–water partition coefficient (Wildman–Crippen LogP) is 2.84. The van der Waals surface area contributed by atoms with Gasteiger partial charge in [0.1, 0.15) is 0 Å². The summed E-state index contributed by atoms with van der Waals surface area (Å²) in [5.41, 5.74) is 1.50. The Morgan fingerprint density at radius 1 is 1.07 bits per heavy atom. The van der Waals surface area contributed by atoms with Crippen LogP contribution in [-0.4, -0.2) is 40.7 Å². The van der Waals surface area contributed by atoms with E-state index in [0.29, 0.717) is 36.8 Å². The van der Waals surface area contributed by atoms with Gasteiger partial charge in [-0.25, -0.2) is 4.98 Å². The molecule has 27 heavy (non-hydrogen) atoms. The van der Waals surface area contributed by atoms with E-state index in [0.717, 1.165) is 23.1 Å². The number of fused-ring (bicyclic) bond motifs is 1. The number of anilines is 2. The maximum atomic E-state index is 12.6.